The average molecular weight is 320 g/mol. The third kappa shape index (κ3) is 3.54. The molecule has 122 valence electrons. The smallest absolute Gasteiger partial charge is 0.292 e. The molecule has 0 aliphatic carbocycles. The van der Waals surface area contributed by atoms with Crippen molar-refractivity contribution in [2.45, 2.75) is 25.8 Å². The van der Waals surface area contributed by atoms with E-state index >= 15 is 0 Å². The summed E-state index contributed by atoms with van der Waals surface area (Å²) < 4.78 is 0. The second kappa shape index (κ2) is 7.13. The number of aromatic amines is 1. The highest BCUT2D eigenvalue weighted by molar-refractivity contribution is 6.45. The molecule has 1 heterocycles. The molecule has 1 amide bonds. The first kappa shape index (κ1) is 16.0. The largest absolute Gasteiger partial charge is 0.360 e. The molecule has 0 saturated carbocycles. The van der Waals surface area contributed by atoms with Gasteiger partial charge >= 0.3 is 0 Å². The molecule has 0 fully saturated rings. The molecule has 4 nitrogen and oxygen atoms in total. The van der Waals surface area contributed by atoms with Crippen LogP contribution in [0.4, 0.5) is 0 Å². The number of hydrogen-bond donors (Lipinski definition) is 2. The fourth-order valence-corrected chi connectivity index (χ4v) is 2.77. The van der Waals surface area contributed by atoms with Crippen LogP contribution in [0.5, 0.6) is 0 Å². The maximum Gasteiger partial charge on any atom is 0.292 e. The monoisotopic (exact) mass is 320 g/mol. The molecule has 3 rings (SSSR count). The highest BCUT2D eigenvalue weighted by Crippen LogP contribution is 2.18. The molecule has 24 heavy (non-hydrogen) atoms. The molecule has 0 spiro atoms. The molecule has 0 radical (unpaired) electrons. The van der Waals surface area contributed by atoms with Gasteiger partial charge in [0.2, 0.25) is 0 Å². The van der Waals surface area contributed by atoms with Gasteiger partial charge in [-0.25, -0.2) is 0 Å². The number of aromatic nitrogens is 1. The molecule has 2 aromatic carbocycles. The van der Waals surface area contributed by atoms with E-state index in [1.165, 1.54) is 5.56 Å². The summed E-state index contributed by atoms with van der Waals surface area (Å²) in [4.78, 5) is 27.7. The lowest BCUT2D eigenvalue weighted by Gasteiger charge is -2.13. The van der Waals surface area contributed by atoms with E-state index < -0.39 is 11.7 Å². The zero-order chi connectivity index (χ0) is 16.9. The molecule has 0 aliphatic rings. The van der Waals surface area contributed by atoms with Gasteiger partial charge in [0.15, 0.2) is 0 Å². The zero-order valence-corrected chi connectivity index (χ0v) is 13.6. The van der Waals surface area contributed by atoms with Gasteiger partial charge in [0.05, 0.1) is 5.56 Å². The normalized spacial score (nSPS) is 12.0. The molecule has 0 saturated heterocycles. The number of amides is 1. The summed E-state index contributed by atoms with van der Waals surface area (Å²) in [6, 6.07) is 17.5. The summed E-state index contributed by atoms with van der Waals surface area (Å²) in [7, 11) is 0. The third-order valence-electron chi connectivity index (χ3n) is 4.13. The standard InChI is InChI=1S/C20H20N2O2/c1-14(11-12-15-7-3-2-4-8-15)22-20(24)19(23)17-13-21-18-10-6-5-9-16(17)18/h2-10,13-14,21H,11-12H2,1H3,(H,22,24)/t14-/m1/s1. The Balaban J connectivity index is 1.60. The van der Waals surface area contributed by atoms with Crippen molar-refractivity contribution in [1.82, 2.24) is 10.3 Å². The summed E-state index contributed by atoms with van der Waals surface area (Å²) in [5.41, 5.74) is 2.49. The van der Waals surface area contributed by atoms with E-state index in [2.05, 4.69) is 22.4 Å². The predicted molar refractivity (Wildman–Crippen MR) is 95.0 cm³/mol. The number of hydrogen-bond acceptors (Lipinski definition) is 2. The van der Waals surface area contributed by atoms with Gasteiger partial charge in [-0.2, -0.15) is 0 Å². The number of Topliss-reactive ketones (excluding diaryl/α,β-unsaturated/α-hetero) is 1. The topological polar surface area (TPSA) is 62.0 Å². The van der Waals surface area contributed by atoms with Crippen LogP contribution in [-0.2, 0) is 11.2 Å². The van der Waals surface area contributed by atoms with Gasteiger partial charge in [-0.3, -0.25) is 9.59 Å². The molecule has 0 unspecified atom stereocenters. The van der Waals surface area contributed by atoms with Crippen molar-refractivity contribution in [2.24, 2.45) is 0 Å². The predicted octanol–water partition coefficient (Wildman–Crippen LogP) is 3.49. The molecule has 0 bridgehead atoms. The van der Waals surface area contributed by atoms with Crippen molar-refractivity contribution in [2.75, 3.05) is 0 Å². The van der Waals surface area contributed by atoms with E-state index in [1.54, 1.807) is 6.20 Å². The third-order valence-corrected chi connectivity index (χ3v) is 4.13. The van der Waals surface area contributed by atoms with Crippen LogP contribution in [0.1, 0.15) is 29.3 Å². The fourth-order valence-electron chi connectivity index (χ4n) is 2.77. The number of carbonyl (C=O) groups excluding carboxylic acids is 2. The number of para-hydroxylation sites is 1. The quantitative estimate of drug-likeness (QED) is 0.539. The summed E-state index contributed by atoms with van der Waals surface area (Å²) in [6.07, 6.45) is 3.25. The Morgan fingerprint density at radius 3 is 2.54 bits per heavy atom. The molecular weight excluding hydrogens is 300 g/mol. The van der Waals surface area contributed by atoms with Crippen LogP contribution in [0.25, 0.3) is 10.9 Å². The highest BCUT2D eigenvalue weighted by Gasteiger charge is 2.21. The molecule has 0 aliphatic heterocycles. The first-order valence-electron chi connectivity index (χ1n) is 8.10. The van der Waals surface area contributed by atoms with Gasteiger partial charge in [-0.05, 0) is 31.4 Å². The first-order valence-corrected chi connectivity index (χ1v) is 8.10. The Morgan fingerprint density at radius 1 is 1.04 bits per heavy atom. The van der Waals surface area contributed by atoms with Gasteiger partial charge < -0.3 is 10.3 Å². The van der Waals surface area contributed by atoms with E-state index in [1.807, 2.05) is 49.4 Å². The second-order valence-electron chi connectivity index (χ2n) is 5.98. The van der Waals surface area contributed by atoms with E-state index in [9.17, 15) is 9.59 Å². The lowest BCUT2D eigenvalue weighted by Crippen LogP contribution is -2.37. The number of nitrogens with one attached hydrogen (secondary N) is 2. The number of fused-ring (bicyclic) bond motifs is 1. The van der Waals surface area contributed by atoms with E-state index in [0.717, 1.165) is 23.7 Å². The fraction of sp³-hybridized carbons (Fsp3) is 0.200. The Kier molecular flexibility index (Phi) is 4.75. The number of H-pyrrole nitrogens is 1. The zero-order valence-electron chi connectivity index (χ0n) is 13.6. The van der Waals surface area contributed by atoms with Crippen LogP contribution in [0.2, 0.25) is 0 Å². The van der Waals surface area contributed by atoms with Crippen molar-refractivity contribution in [3.05, 3.63) is 71.9 Å². The lowest BCUT2D eigenvalue weighted by atomic mass is 10.1. The number of rotatable bonds is 6. The van der Waals surface area contributed by atoms with Gasteiger partial charge in [0.25, 0.3) is 11.7 Å². The number of ketones is 1. The van der Waals surface area contributed by atoms with Crippen molar-refractivity contribution in [1.29, 1.82) is 0 Å². The second-order valence-corrected chi connectivity index (χ2v) is 5.98. The van der Waals surface area contributed by atoms with Crippen LogP contribution in [-0.4, -0.2) is 22.7 Å². The van der Waals surface area contributed by atoms with E-state index in [4.69, 9.17) is 0 Å². The van der Waals surface area contributed by atoms with Crippen LogP contribution in [0, 0.1) is 0 Å². The van der Waals surface area contributed by atoms with Crippen LogP contribution >= 0.6 is 0 Å². The van der Waals surface area contributed by atoms with Gasteiger partial charge in [-0.15, -0.1) is 0 Å². The first-order chi connectivity index (χ1) is 11.6. The summed E-state index contributed by atoms with van der Waals surface area (Å²) in [5.74, 6) is -1.06. The number of benzene rings is 2. The molecule has 1 aromatic heterocycles. The van der Waals surface area contributed by atoms with Gasteiger partial charge in [0, 0.05) is 23.1 Å². The summed E-state index contributed by atoms with van der Waals surface area (Å²) in [5, 5.41) is 3.57. The van der Waals surface area contributed by atoms with Crippen LogP contribution < -0.4 is 5.32 Å². The van der Waals surface area contributed by atoms with Crippen molar-refractivity contribution in [3.8, 4) is 0 Å². The van der Waals surface area contributed by atoms with Crippen molar-refractivity contribution < 1.29 is 9.59 Å². The minimum atomic E-state index is -0.555. The lowest BCUT2D eigenvalue weighted by molar-refractivity contribution is -0.117. The van der Waals surface area contributed by atoms with E-state index in [0.29, 0.717) is 5.56 Å². The van der Waals surface area contributed by atoms with Gasteiger partial charge in [-0.1, -0.05) is 48.5 Å². The molecule has 1 atom stereocenters. The Morgan fingerprint density at radius 2 is 1.75 bits per heavy atom. The average Bonchev–Trinajstić information content (AvgIpc) is 3.04. The highest BCUT2D eigenvalue weighted by atomic mass is 16.2. The Labute approximate surface area is 140 Å². The minimum Gasteiger partial charge on any atom is -0.360 e. The number of aryl methyl sites for hydroxylation is 1. The Hall–Kier alpha value is -2.88. The van der Waals surface area contributed by atoms with Crippen LogP contribution in [0.3, 0.4) is 0 Å². The summed E-state index contributed by atoms with van der Waals surface area (Å²) >= 11 is 0. The SMILES string of the molecule is C[C@H](CCc1ccccc1)NC(=O)C(=O)c1c[nH]c2ccccc12. The molecule has 2 N–H and O–H groups in total. The minimum absolute atomic E-state index is 0.0631. The van der Waals surface area contributed by atoms with Gasteiger partial charge in [0.1, 0.15) is 0 Å². The van der Waals surface area contributed by atoms with Crippen molar-refractivity contribution in [3.63, 3.8) is 0 Å². The molecule has 4 heteroatoms. The Bertz CT molecular complexity index is 852. The maximum absolute atomic E-state index is 12.4. The summed E-state index contributed by atoms with van der Waals surface area (Å²) in [6.45, 7) is 1.92. The van der Waals surface area contributed by atoms with Crippen molar-refractivity contribution >= 4 is 22.6 Å². The van der Waals surface area contributed by atoms with E-state index in [-0.39, 0.29) is 6.04 Å². The maximum atomic E-state index is 12.4. The molecular formula is C20H20N2O2. The van der Waals surface area contributed by atoms with Crippen LogP contribution in [0.15, 0.2) is 60.8 Å². The molecule has 3 aromatic rings. The number of carbonyl (C=O) groups is 2.